The molecule has 4 rings (SSSR count). The summed E-state index contributed by atoms with van der Waals surface area (Å²) < 4.78 is 48.4. The molecule has 0 radical (unpaired) electrons. The minimum Gasteiger partial charge on any atom is -0.395 e. The average Bonchev–Trinajstić information content (AvgIpc) is 2.70. The number of halogens is 1. The van der Waals surface area contributed by atoms with Crippen molar-refractivity contribution in [2.45, 2.75) is 10.7 Å². The number of benzene rings is 2. The summed E-state index contributed by atoms with van der Waals surface area (Å²) in [7, 11) is -4.12. The molecule has 1 saturated heterocycles. The van der Waals surface area contributed by atoms with E-state index in [1.807, 2.05) is 0 Å². The summed E-state index contributed by atoms with van der Waals surface area (Å²) in [5.74, 6) is -2.31. The maximum absolute atomic E-state index is 13.2. The molecular formula is C20H19FN2O5S. The third-order valence-corrected chi connectivity index (χ3v) is 6.21. The summed E-state index contributed by atoms with van der Waals surface area (Å²) in [4.78, 5) is 1.59. The second-order valence-corrected chi connectivity index (χ2v) is 8.29. The molecule has 1 aliphatic carbocycles. The number of aliphatic hydroxyl groups is 2. The van der Waals surface area contributed by atoms with Gasteiger partial charge in [0, 0.05) is 24.2 Å². The second kappa shape index (κ2) is 7.34. The van der Waals surface area contributed by atoms with Crippen LogP contribution < -0.4 is 0 Å². The second-order valence-electron chi connectivity index (χ2n) is 6.68. The largest absolute Gasteiger partial charge is 0.395 e. The Morgan fingerprint density at radius 3 is 2.62 bits per heavy atom. The summed E-state index contributed by atoms with van der Waals surface area (Å²) in [6, 6.07) is 11.1. The zero-order chi connectivity index (χ0) is 20.6. The highest BCUT2D eigenvalue weighted by Crippen LogP contribution is 2.41. The summed E-state index contributed by atoms with van der Waals surface area (Å²) in [5.41, 5.74) is 1.21. The maximum atomic E-state index is 13.2. The van der Waals surface area contributed by atoms with Crippen LogP contribution in [0.3, 0.4) is 0 Å². The summed E-state index contributed by atoms with van der Waals surface area (Å²) in [5, 5.41) is 20.6. The van der Waals surface area contributed by atoms with Crippen molar-refractivity contribution in [3.8, 4) is 0 Å². The number of hydrogen-bond acceptors (Lipinski definition) is 6. The van der Waals surface area contributed by atoms with Crippen molar-refractivity contribution in [3.05, 3.63) is 77.2 Å². The molecule has 0 saturated carbocycles. The minimum absolute atomic E-state index is 0.123. The van der Waals surface area contributed by atoms with Crippen LogP contribution in [0.5, 0.6) is 0 Å². The monoisotopic (exact) mass is 418 g/mol. The number of nitrogens with zero attached hydrogens (tertiary/aromatic N) is 2. The topological polar surface area (TPSA) is 99.4 Å². The lowest BCUT2D eigenvalue weighted by atomic mass is 9.86. The zero-order valence-corrected chi connectivity index (χ0v) is 16.1. The fourth-order valence-corrected chi connectivity index (χ4v) is 4.54. The summed E-state index contributed by atoms with van der Waals surface area (Å²) in [6.45, 7) is 0.768. The third kappa shape index (κ3) is 3.46. The van der Waals surface area contributed by atoms with Gasteiger partial charge in [0.1, 0.15) is 5.82 Å². The van der Waals surface area contributed by atoms with E-state index in [1.54, 1.807) is 29.2 Å². The highest BCUT2D eigenvalue weighted by Gasteiger charge is 2.46. The molecule has 2 aromatic rings. The summed E-state index contributed by atoms with van der Waals surface area (Å²) >= 11 is 0. The number of β-amino-alcohol motifs (C(OH)–C–C–N with tert-alkyl or cyclic N) is 1. The molecule has 0 bridgehead atoms. The zero-order valence-electron chi connectivity index (χ0n) is 15.3. The van der Waals surface area contributed by atoms with Crippen LogP contribution in [0.2, 0.25) is 0 Å². The van der Waals surface area contributed by atoms with Crippen molar-refractivity contribution in [1.29, 1.82) is 0 Å². The quantitative estimate of drug-likeness (QED) is 0.778. The Labute approximate surface area is 167 Å². The Morgan fingerprint density at radius 1 is 1.17 bits per heavy atom. The molecule has 152 valence electrons. The predicted molar refractivity (Wildman–Crippen MR) is 103 cm³/mol. The number of morpholine rings is 1. The molecule has 1 fully saturated rings. The molecule has 2 aliphatic rings. The standard InChI is InChI=1S/C20H19FN2O5S/c21-14-5-7-15(8-6-14)29(26,27)22-18-13-19-20(25,17-4-2-1-3-16(17)18)28-12-10-23(19)9-11-24/h1-8,13,24-25H,9-12H2/b22-18+. The first-order chi connectivity index (χ1) is 13.8. The normalized spacial score (nSPS) is 22.8. The van der Waals surface area contributed by atoms with E-state index in [-0.39, 0.29) is 30.4 Å². The Balaban J connectivity index is 1.88. The Bertz CT molecular complexity index is 1100. The smallest absolute Gasteiger partial charge is 0.282 e. The van der Waals surface area contributed by atoms with E-state index in [1.165, 1.54) is 6.08 Å². The number of aliphatic hydroxyl groups excluding tert-OH is 1. The van der Waals surface area contributed by atoms with Gasteiger partial charge in [-0.05, 0) is 30.3 Å². The van der Waals surface area contributed by atoms with Gasteiger partial charge in [-0.1, -0.05) is 24.3 Å². The van der Waals surface area contributed by atoms with Crippen molar-refractivity contribution in [1.82, 2.24) is 4.90 Å². The van der Waals surface area contributed by atoms with Crippen molar-refractivity contribution < 1.29 is 27.8 Å². The van der Waals surface area contributed by atoms with Gasteiger partial charge < -0.3 is 19.8 Å². The van der Waals surface area contributed by atoms with Gasteiger partial charge in [-0.3, -0.25) is 0 Å². The number of ether oxygens (including phenoxy) is 1. The fourth-order valence-electron chi connectivity index (χ4n) is 3.54. The third-order valence-electron chi connectivity index (χ3n) is 4.90. The molecule has 0 spiro atoms. The van der Waals surface area contributed by atoms with Gasteiger partial charge in [-0.15, -0.1) is 0 Å². The number of rotatable bonds is 4. The van der Waals surface area contributed by atoms with Gasteiger partial charge in [0.25, 0.3) is 10.0 Å². The Hall–Kier alpha value is -2.59. The highest BCUT2D eigenvalue weighted by atomic mass is 32.2. The first kappa shape index (κ1) is 19.7. The van der Waals surface area contributed by atoms with E-state index in [0.717, 1.165) is 24.3 Å². The maximum Gasteiger partial charge on any atom is 0.282 e. The number of fused-ring (bicyclic) bond motifs is 3. The van der Waals surface area contributed by atoms with Gasteiger partial charge in [0.2, 0.25) is 5.79 Å². The van der Waals surface area contributed by atoms with E-state index in [0.29, 0.717) is 23.4 Å². The molecular weight excluding hydrogens is 399 g/mol. The van der Waals surface area contributed by atoms with Crippen molar-refractivity contribution in [2.75, 3.05) is 26.3 Å². The van der Waals surface area contributed by atoms with E-state index in [2.05, 4.69) is 4.40 Å². The molecule has 1 unspecified atom stereocenters. The van der Waals surface area contributed by atoms with Crippen LogP contribution in [-0.2, 0) is 20.5 Å². The van der Waals surface area contributed by atoms with Crippen LogP contribution in [-0.4, -0.2) is 55.5 Å². The predicted octanol–water partition coefficient (Wildman–Crippen LogP) is 1.37. The first-order valence-electron chi connectivity index (χ1n) is 9.00. The van der Waals surface area contributed by atoms with Gasteiger partial charge in [-0.25, -0.2) is 4.39 Å². The van der Waals surface area contributed by atoms with E-state index in [9.17, 15) is 23.0 Å². The molecule has 0 aromatic heterocycles. The Kier molecular flexibility index (Phi) is 4.99. The van der Waals surface area contributed by atoms with Crippen LogP contribution in [0.15, 0.2) is 69.6 Å². The molecule has 1 aliphatic heterocycles. The number of sulfonamides is 1. The Morgan fingerprint density at radius 2 is 1.90 bits per heavy atom. The van der Waals surface area contributed by atoms with E-state index < -0.39 is 21.6 Å². The lowest BCUT2D eigenvalue weighted by Crippen LogP contribution is -2.50. The SMILES string of the molecule is O=S(=O)(/N=C1\C=C2N(CCO)CCOC2(O)c2ccccc21)c1ccc(F)cc1. The van der Waals surface area contributed by atoms with Gasteiger partial charge in [0.05, 0.1) is 29.5 Å². The van der Waals surface area contributed by atoms with Crippen LogP contribution in [0, 0.1) is 5.82 Å². The lowest BCUT2D eigenvalue weighted by Gasteiger charge is -2.45. The molecule has 7 nitrogen and oxygen atoms in total. The molecule has 2 N–H and O–H groups in total. The van der Waals surface area contributed by atoms with Crippen LogP contribution in [0.4, 0.5) is 4.39 Å². The number of allylic oxidation sites excluding steroid dienone is 1. The summed E-state index contributed by atoms with van der Waals surface area (Å²) in [6.07, 6.45) is 1.46. The number of hydrogen-bond donors (Lipinski definition) is 2. The van der Waals surface area contributed by atoms with Crippen molar-refractivity contribution >= 4 is 15.7 Å². The average molecular weight is 418 g/mol. The molecule has 9 heteroatoms. The molecule has 2 aromatic carbocycles. The van der Waals surface area contributed by atoms with Crippen LogP contribution in [0.25, 0.3) is 0 Å². The van der Waals surface area contributed by atoms with Crippen LogP contribution >= 0.6 is 0 Å². The van der Waals surface area contributed by atoms with Gasteiger partial charge in [0.15, 0.2) is 0 Å². The van der Waals surface area contributed by atoms with Crippen molar-refractivity contribution in [3.63, 3.8) is 0 Å². The highest BCUT2D eigenvalue weighted by molar-refractivity contribution is 7.90. The first-order valence-corrected chi connectivity index (χ1v) is 10.4. The molecule has 1 atom stereocenters. The van der Waals surface area contributed by atoms with E-state index in [4.69, 9.17) is 4.74 Å². The molecule has 1 heterocycles. The fraction of sp³-hybridized carbons (Fsp3) is 0.250. The minimum atomic E-state index is -4.12. The van der Waals surface area contributed by atoms with Gasteiger partial charge in [-0.2, -0.15) is 12.8 Å². The van der Waals surface area contributed by atoms with E-state index >= 15 is 0 Å². The van der Waals surface area contributed by atoms with Crippen molar-refractivity contribution in [2.24, 2.45) is 4.40 Å². The molecule has 0 amide bonds. The van der Waals surface area contributed by atoms with Gasteiger partial charge >= 0.3 is 0 Å². The lowest BCUT2D eigenvalue weighted by molar-refractivity contribution is -0.219. The molecule has 29 heavy (non-hydrogen) atoms. The van der Waals surface area contributed by atoms with Crippen LogP contribution in [0.1, 0.15) is 11.1 Å².